The van der Waals surface area contributed by atoms with Crippen molar-refractivity contribution in [3.05, 3.63) is 46.8 Å². The molecule has 2 N–H and O–H groups in total. The van der Waals surface area contributed by atoms with Crippen molar-refractivity contribution in [3.63, 3.8) is 0 Å². The van der Waals surface area contributed by atoms with Gasteiger partial charge in [0.2, 0.25) is 0 Å². The highest BCUT2D eigenvalue weighted by Gasteiger charge is 2.13. The van der Waals surface area contributed by atoms with E-state index < -0.39 is 0 Å². The molecular formula is C20H30N4O2. The van der Waals surface area contributed by atoms with Crippen molar-refractivity contribution in [2.24, 2.45) is 4.99 Å². The van der Waals surface area contributed by atoms with Gasteiger partial charge in [0.25, 0.3) is 0 Å². The van der Waals surface area contributed by atoms with Crippen molar-refractivity contribution >= 4 is 5.96 Å². The van der Waals surface area contributed by atoms with E-state index in [-0.39, 0.29) is 0 Å². The minimum Gasteiger partial charge on any atom is -0.497 e. The summed E-state index contributed by atoms with van der Waals surface area (Å²) in [5.74, 6) is 2.62. The van der Waals surface area contributed by atoms with Gasteiger partial charge in [-0.05, 0) is 37.5 Å². The summed E-state index contributed by atoms with van der Waals surface area (Å²) in [6.45, 7) is 8.43. The van der Waals surface area contributed by atoms with Gasteiger partial charge in [0.15, 0.2) is 5.96 Å². The minimum atomic E-state index is 0.577. The number of benzene rings is 1. The van der Waals surface area contributed by atoms with Crippen LogP contribution in [0.3, 0.4) is 0 Å². The summed E-state index contributed by atoms with van der Waals surface area (Å²) in [4.78, 5) is 4.71. The summed E-state index contributed by atoms with van der Waals surface area (Å²) in [6.07, 6.45) is 2.61. The number of ether oxygens (including phenoxy) is 1. The molecule has 0 amide bonds. The molecule has 0 spiro atoms. The van der Waals surface area contributed by atoms with Crippen molar-refractivity contribution in [3.8, 4) is 5.75 Å². The Balaban J connectivity index is 1.94. The molecule has 0 atom stereocenters. The van der Waals surface area contributed by atoms with E-state index in [0.29, 0.717) is 6.54 Å². The van der Waals surface area contributed by atoms with E-state index in [1.54, 1.807) is 7.11 Å². The Hall–Kier alpha value is -2.50. The molecule has 0 saturated carbocycles. The SMILES string of the molecule is CCNC(=NCc1c(CC)noc1CC)NCCc1ccc(OC)cc1. The second-order valence-corrected chi connectivity index (χ2v) is 5.96. The third-order valence-electron chi connectivity index (χ3n) is 4.21. The number of guanidine groups is 1. The van der Waals surface area contributed by atoms with E-state index in [1.165, 1.54) is 5.56 Å². The molecule has 142 valence electrons. The van der Waals surface area contributed by atoms with Gasteiger partial charge in [-0.1, -0.05) is 31.1 Å². The van der Waals surface area contributed by atoms with Crippen LogP contribution >= 0.6 is 0 Å². The van der Waals surface area contributed by atoms with E-state index in [9.17, 15) is 0 Å². The highest BCUT2D eigenvalue weighted by Crippen LogP contribution is 2.16. The molecule has 1 heterocycles. The quantitative estimate of drug-likeness (QED) is 0.532. The van der Waals surface area contributed by atoms with Crippen molar-refractivity contribution in [1.29, 1.82) is 0 Å². The van der Waals surface area contributed by atoms with E-state index in [1.807, 2.05) is 12.1 Å². The summed E-state index contributed by atoms with van der Waals surface area (Å²) in [6, 6.07) is 8.14. The largest absolute Gasteiger partial charge is 0.497 e. The highest BCUT2D eigenvalue weighted by molar-refractivity contribution is 5.79. The lowest BCUT2D eigenvalue weighted by atomic mass is 10.1. The average molecular weight is 358 g/mol. The molecule has 2 rings (SSSR count). The van der Waals surface area contributed by atoms with Crippen LogP contribution < -0.4 is 15.4 Å². The maximum Gasteiger partial charge on any atom is 0.191 e. The summed E-state index contributed by atoms with van der Waals surface area (Å²) in [5.41, 5.74) is 3.37. The Labute approximate surface area is 156 Å². The van der Waals surface area contributed by atoms with E-state index in [2.05, 4.69) is 48.7 Å². The maximum atomic E-state index is 5.42. The first-order valence-corrected chi connectivity index (χ1v) is 9.33. The third-order valence-corrected chi connectivity index (χ3v) is 4.21. The Morgan fingerprint density at radius 2 is 1.88 bits per heavy atom. The molecular weight excluding hydrogens is 328 g/mol. The standard InChI is InChI=1S/C20H30N4O2/c1-5-18-17(19(6-2)26-24-18)14-23-20(21-7-3)22-13-12-15-8-10-16(25-4)11-9-15/h8-11H,5-7,12-14H2,1-4H3,(H2,21,22,23). The Kier molecular flexibility index (Phi) is 7.99. The second kappa shape index (κ2) is 10.5. The second-order valence-electron chi connectivity index (χ2n) is 5.96. The van der Waals surface area contributed by atoms with E-state index in [0.717, 1.165) is 61.1 Å². The molecule has 1 aromatic heterocycles. The van der Waals surface area contributed by atoms with Crippen molar-refractivity contribution in [1.82, 2.24) is 15.8 Å². The fraction of sp³-hybridized carbons (Fsp3) is 0.500. The summed E-state index contributed by atoms with van der Waals surface area (Å²) in [5, 5.41) is 10.8. The highest BCUT2D eigenvalue weighted by atomic mass is 16.5. The van der Waals surface area contributed by atoms with Crippen LogP contribution in [-0.2, 0) is 25.8 Å². The zero-order valence-corrected chi connectivity index (χ0v) is 16.3. The number of aliphatic imine (C=N–C) groups is 1. The molecule has 0 bridgehead atoms. The van der Waals surface area contributed by atoms with Crippen LogP contribution in [0.5, 0.6) is 5.75 Å². The van der Waals surface area contributed by atoms with Crippen molar-refractivity contribution < 1.29 is 9.26 Å². The van der Waals surface area contributed by atoms with Crippen LogP contribution in [0, 0.1) is 0 Å². The number of nitrogens with zero attached hydrogens (tertiary/aromatic N) is 2. The summed E-state index contributed by atoms with van der Waals surface area (Å²) < 4.78 is 10.6. The van der Waals surface area contributed by atoms with Crippen molar-refractivity contribution in [2.45, 2.75) is 46.6 Å². The number of aromatic nitrogens is 1. The first-order chi connectivity index (χ1) is 12.7. The number of hydrogen-bond acceptors (Lipinski definition) is 4. The number of methoxy groups -OCH3 is 1. The lowest BCUT2D eigenvalue weighted by Crippen LogP contribution is -2.38. The van der Waals surface area contributed by atoms with Gasteiger partial charge < -0.3 is 19.9 Å². The van der Waals surface area contributed by atoms with Gasteiger partial charge in [-0.3, -0.25) is 0 Å². The van der Waals surface area contributed by atoms with Crippen LogP contribution in [0.25, 0.3) is 0 Å². The fourth-order valence-corrected chi connectivity index (χ4v) is 2.73. The molecule has 6 nitrogen and oxygen atoms in total. The number of nitrogens with one attached hydrogen (secondary N) is 2. The predicted octanol–water partition coefficient (Wildman–Crippen LogP) is 3.11. The van der Waals surface area contributed by atoms with Gasteiger partial charge in [-0.25, -0.2) is 4.99 Å². The molecule has 1 aromatic carbocycles. The lowest BCUT2D eigenvalue weighted by molar-refractivity contribution is 0.380. The van der Waals surface area contributed by atoms with Gasteiger partial charge in [-0.2, -0.15) is 0 Å². The molecule has 0 aliphatic heterocycles. The van der Waals surface area contributed by atoms with Crippen molar-refractivity contribution in [2.75, 3.05) is 20.2 Å². The van der Waals surface area contributed by atoms with Gasteiger partial charge in [0.1, 0.15) is 11.5 Å². The van der Waals surface area contributed by atoms with Crippen LogP contribution in [-0.4, -0.2) is 31.3 Å². The Morgan fingerprint density at radius 3 is 2.50 bits per heavy atom. The minimum absolute atomic E-state index is 0.577. The summed E-state index contributed by atoms with van der Waals surface area (Å²) >= 11 is 0. The molecule has 0 radical (unpaired) electrons. The average Bonchev–Trinajstić information content (AvgIpc) is 3.08. The lowest BCUT2D eigenvalue weighted by Gasteiger charge is -2.11. The zero-order chi connectivity index (χ0) is 18.8. The maximum absolute atomic E-state index is 5.42. The van der Waals surface area contributed by atoms with Crippen LogP contribution in [0.15, 0.2) is 33.8 Å². The third kappa shape index (κ3) is 5.51. The van der Waals surface area contributed by atoms with Crippen LogP contribution in [0.1, 0.15) is 43.4 Å². The number of aryl methyl sites for hydroxylation is 2. The molecule has 26 heavy (non-hydrogen) atoms. The molecule has 0 aliphatic carbocycles. The smallest absolute Gasteiger partial charge is 0.191 e. The Bertz CT molecular complexity index is 671. The van der Waals surface area contributed by atoms with Gasteiger partial charge in [-0.15, -0.1) is 0 Å². The number of rotatable bonds is 9. The fourth-order valence-electron chi connectivity index (χ4n) is 2.73. The zero-order valence-electron chi connectivity index (χ0n) is 16.3. The van der Waals surface area contributed by atoms with Crippen LogP contribution in [0.2, 0.25) is 0 Å². The molecule has 0 unspecified atom stereocenters. The van der Waals surface area contributed by atoms with E-state index >= 15 is 0 Å². The normalized spacial score (nSPS) is 11.5. The molecule has 2 aromatic rings. The molecule has 0 fully saturated rings. The van der Waals surface area contributed by atoms with E-state index in [4.69, 9.17) is 14.3 Å². The number of hydrogen-bond donors (Lipinski definition) is 2. The first-order valence-electron chi connectivity index (χ1n) is 9.33. The predicted molar refractivity (Wildman–Crippen MR) is 105 cm³/mol. The Morgan fingerprint density at radius 1 is 1.12 bits per heavy atom. The van der Waals surface area contributed by atoms with Gasteiger partial charge in [0.05, 0.1) is 19.3 Å². The van der Waals surface area contributed by atoms with Crippen LogP contribution in [0.4, 0.5) is 0 Å². The molecule has 6 heteroatoms. The van der Waals surface area contributed by atoms with Gasteiger partial charge >= 0.3 is 0 Å². The monoisotopic (exact) mass is 358 g/mol. The topological polar surface area (TPSA) is 71.7 Å². The molecule has 0 saturated heterocycles. The first kappa shape index (κ1) is 19.8. The molecule has 0 aliphatic rings. The van der Waals surface area contributed by atoms with Gasteiger partial charge in [0, 0.05) is 25.1 Å². The summed E-state index contributed by atoms with van der Waals surface area (Å²) in [7, 11) is 1.68.